The van der Waals surface area contributed by atoms with E-state index in [1.54, 1.807) is 6.92 Å². The molecule has 1 amide bonds. The Morgan fingerprint density at radius 3 is 2.18 bits per heavy atom. The second kappa shape index (κ2) is 12.6. The molecular formula is C29H31N5O4. The van der Waals surface area contributed by atoms with Crippen molar-refractivity contribution in [1.82, 2.24) is 25.5 Å². The Hall–Kier alpha value is -4.53. The van der Waals surface area contributed by atoms with Crippen molar-refractivity contribution in [2.45, 2.75) is 40.0 Å². The molecule has 38 heavy (non-hydrogen) atoms. The average Bonchev–Trinajstić information content (AvgIpc) is 3.47. The quantitative estimate of drug-likeness (QED) is 0.288. The topological polar surface area (TPSA) is 110 Å². The maximum Gasteiger partial charge on any atom is 0.410 e. The van der Waals surface area contributed by atoms with Crippen LogP contribution in [0.15, 0.2) is 78.9 Å². The molecule has 0 aliphatic heterocycles. The van der Waals surface area contributed by atoms with Gasteiger partial charge in [-0.25, -0.2) is 14.7 Å². The molecule has 0 saturated carbocycles. The molecule has 0 aliphatic carbocycles. The summed E-state index contributed by atoms with van der Waals surface area (Å²) in [6.07, 6.45) is -0.560. The summed E-state index contributed by atoms with van der Waals surface area (Å²) in [6, 6.07) is 24.3. The van der Waals surface area contributed by atoms with Gasteiger partial charge in [0.25, 0.3) is 0 Å². The number of aromatic amines is 1. The fourth-order valence-corrected chi connectivity index (χ4v) is 4.26. The lowest BCUT2D eigenvalue weighted by Gasteiger charge is -2.32. The first-order chi connectivity index (χ1) is 18.5. The van der Waals surface area contributed by atoms with E-state index in [9.17, 15) is 9.59 Å². The van der Waals surface area contributed by atoms with Gasteiger partial charge in [-0.2, -0.15) is 0 Å². The van der Waals surface area contributed by atoms with E-state index in [1.165, 1.54) is 4.90 Å². The fourth-order valence-electron chi connectivity index (χ4n) is 4.26. The molecule has 9 nitrogen and oxygen atoms in total. The van der Waals surface area contributed by atoms with Gasteiger partial charge in [0.15, 0.2) is 5.82 Å². The highest BCUT2D eigenvalue weighted by molar-refractivity contribution is 5.82. The Kier molecular flexibility index (Phi) is 8.81. The summed E-state index contributed by atoms with van der Waals surface area (Å²) < 4.78 is 10.9. The second-order valence-corrected chi connectivity index (χ2v) is 9.10. The van der Waals surface area contributed by atoms with Gasteiger partial charge in [-0.05, 0) is 45.5 Å². The summed E-state index contributed by atoms with van der Waals surface area (Å²) in [4.78, 5) is 27.7. The number of hydrogen-bond acceptors (Lipinski definition) is 7. The summed E-state index contributed by atoms with van der Waals surface area (Å²) in [6.45, 7) is 6.04. The van der Waals surface area contributed by atoms with Crippen molar-refractivity contribution in [2.24, 2.45) is 5.92 Å². The third-order valence-electron chi connectivity index (χ3n) is 6.08. The van der Waals surface area contributed by atoms with E-state index >= 15 is 0 Å². The Morgan fingerprint density at radius 1 is 0.868 bits per heavy atom. The van der Waals surface area contributed by atoms with E-state index in [4.69, 9.17) is 9.47 Å². The number of H-pyrrole nitrogens is 1. The molecule has 1 heterocycles. The zero-order valence-corrected chi connectivity index (χ0v) is 21.7. The molecule has 0 radical (unpaired) electrons. The van der Waals surface area contributed by atoms with Crippen LogP contribution in [-0.2, 0) is 27.4 Å². The maximum absolute atomic E-state index is 13.2. The van der Waals surface area contributed by atoms with Crippen molar-refractivity contribution in [2.75, 3.05) is 6.61 Å². The highest BCUT2D eigenvalue weighted by atomic mass is 16.6. The third-order valence-corrected chi connectivity index (χ3v) is 6.08. The van der Waals surface area contributed by atoms with Crippen molar-refractivity contribution in [3.63, 3.8) is 0 Å². The minimum absolute atomic E-state index is 0.133. The lowest BCUT2D eigenvalue weighted by atomic mass is 9.97. The minimum atomic E-state index is -0.808. The van der Waals surface area contributed by atoms with Gasteiger partial charge in [0.1, 0.15) is 12.6 Å². The predicted octanol–water partition coefficient (Wildman–Crippen LogP) is 5.26. The van der Waals surface area contributed by atoms with Crippen LogP contribution in [0.3, 0.4) is 0 Å². The molecule has 1 aromatic heterocycles. The van der Waals surface area contributed by atoms with Crippen molar-refractivity contribution in [3.05, 3.63) is 90.0 Å². The van der Waals surface area contributed by atoms with Gasteiger partial charge >= 0.3 is 12.1 Å². The molecule has 1 atom stereocenters. The zero-order valence-electron chi connectivity index (χ0n) is 21.7. The number of carbonyl (C=O) groups excluding carboxylic acids is 2. The van der Waals surface area contributed by atoms with Gasteiger partial charge < -0.3 is 9.47 Å². The molecule has 9 heteroatoms. The summed E-state index contributed by atoms with van der Waals surface area (Å²) in [5, 5.41) is 14.2. The standard InChI is InChI=1S/C29H31N5O4/c1-4-37-29(36)34(26(20(2)3)28(35)38-19-22-10-6-5-7-11-22)18-21-14-16-23(17-15-21)24-12-8-9-13-25(24)27-30-32-33-31-27/h5-17,20,26H,4,18-19H2,1-3H3,(H,30,31,32,33)/t26-/m0/s1. The van der Waals surface area contributed by atoms with Crippen LogP contribution < -0.4 is 0 Å². The number of hydrogen-bond donors (Lipinski definition) is 1. The highest BCUT2D eigenvalue weighted by Crippen LogP contribution is 2.30. The van der Waals surface area contributed by atoms with Crippen LogP contribution in [0.5, 0.6) is 0 Å². The van der Waals surface area contributed by atoms with Gasteiger partial charge in [0.05, 0.1) is 6.61 Å². The van der Waals surface area contributed by atoms with Crippen LogP contribution in [0.4, 0.5) is 4.79 Å². The largest absolute Gasteiger partial charge is 0.459 e. The molecule has 0 fully saturated rings. The number of aromatic nitrogens is 4. The van der Waals surface area contributed by atoms with Crippen molar-refractivity contribution in [3.8, 4) is 22.5 Å². The highest BCUT2D eigenvalue weighted by Gasteiger charge is 2.35. The fraction of sp³-hybridized carbons (Fsp3) is 0.276. The van der Waals surface area contributed by atoms with Gasteiger partial charge in [0.2, 0.25) is 0 Å². The first-order valence-corrected chi connectivity index (χ1v) is 12.5. The van der Waals surface area contributed by atoms with Crippen molar-refractivity contribution < 1.29 is 19.1 Å². The smallest absolute Gasteiger partial charge is 0.410 e. The first kappa shape index (κ1) is 26.5. The molecule has 0 unspecified atom stereocenters. The van der Waals surface area contributed by atoms with E-state index < -0.39 is 18.1 Å². The molecule has 4 rings (SSSR count). The molecule has 0 bridgehead atoms. The predicted molar refractivity (Wildman–Crippen MR) is 142 cm³/mol. The molecule has 0 aliphatic rings. The van der Waals surface area contributed by atoms with E-state index in [-0.39, 0.29) is 25.7 Å². The van der Waals surface area contributed by atoms with Gasteiger partial charge in [0, 0.05) is 12.1 Å². The van der Waals surface area contributed by atoms with E-state index in [0.717, 1.165) is 27.8 Å². The number of nitrogens with one attached hydrogen (secondary N) is 1. The molecule has 1 N–H and O–H groups in total. The maximum atomic E-state index is 13.2. The Bertz CT molecular complexity index is 1320. The summed E-state index contributed by atoms with van der Waals surface area (Å²) in [7, 11) is 0. The van der Waals surface area contributed by atoms with Gasteiger partial charge in [-0.3, -0.25) is 4.90 Å². The van der Waals surface area contributed by atoms with E-state index in [1.807, 2.05) is 92.7 Å². The number of amides is 1. The summed E-state index contributed by atoms with van der Waals surface area (Å²) in [5.41, 5.74) is 4.53. The second-order valence-electron chi connectivity index (χ2n) is 9.10. The number of carbonyl (C=O) groups is 2. The third kappa shape index (κ3) is 6.42. The molecule has 4 aromatic rings. The molecule has 196 valence electrons. The average molecular weight is 514 g/mol. The van der Waals surface area contributed by atoms with Crippen LogP contribution in [0.1, 0.15) is 31.9 Å². The lowest BCUT2D eigenvalue weighted by molar-refractivity contribution is -0.152. The number of ether oxygens (including phenoxy) is 2. The Morgan fingerprint density at radius 2 is 1.55 bits per heavy atom. The van der Waals surface area contributed by atoms with E-state index in [0.29, 0.717) is 5.82 Å². The van der Waals surface area contributed by atoms with Crippen LogP contribution in [0, 0.1) is 5.92 Å². The zero-order chi connectivity index (χ0) is 26.9. The van der Waals surface area contributed by atoms with E-state index in [2.05, 4.69) is 20.6 Å². The lowest BCUT2D eigenvalue weighted by Crippen LogP contribution is -2.48. The van der Waals surface area contributed by atoms with Crippen LogP contribution in [-0.4, -0.2) is 50.2 Å². The normalized spacial score (nSPS) is 11.7. The minimum Gasteiger partial charge on any atom is -0.459 e. The van der Waals surface area contributed by atoms with Crippen LogP contribution in [0.2, 0.25) is 0 Å². The Labute approximate surface area is 221 Å². The number of tetrazole rings is 1. The van der Waals surface area contributed by atoms with Gasteiger partial charge in [-0.15, -0.1) is 5.10 Å². The molecular weight excluding hydrogens is 482 g/mol. The number of benzene rings is 3. The number of nitrogens with zero attached hydrogens (tertiary/aromatic N) is 4. The SMILES string of the molecule is CCOC(=O)N(Cc1ccc(-c2ccccc2-c2nnn[nH]2)cc1)[C@H](C(=O)OCc1ccccc1)C(C)C. The monoisotopic (exact) mass is 513 g/mol. The van der Waals surface area contributed by atoms with Crippen LogP contribution >= 0.6 is 0 Å². The van der Waals surface area contributed by atoms with Crippen molar-refractivity contribution >= 4 is 12.1 Å². The summed E-state index contributed by atoms with van der Waals surface area (Å²) in [5.74, 6) is -0.0839. The number of rotatable bonds is 10. The summed E-state index contributed by atoms with van der Waals surface area (Å²) >= 11 is 0. The number of esters is 1. The Balaban J connectivity index is 1.55. The van der Waals surface area contributed by atoms with Gasteiger partial charge in [-0.1, -0.05) is 92.7 Å². The molecule has 0 saturated heterocycles. The first-order valence-electron chi connectivity index (χ1n) is 12.5. The molecule has 3 aromatic carbocycles. The van der Waals surface area contributed by atoms with Crippen LogP contribution in [0.25, 0.3) is 22.5 Å². The van der Waals surface area contributed by atoms with Crippen molar-refractivity contribution in [1.29, 1.82) is 0 Å². The molecule has 0 spiro atoms.